The van der Waals surface area contributed by atoms with Gasteiger partial charge in [-0.25, -0.2) is 0 Å². The van der Waals surface area contributed by atoms with E-state index in [2.05, 4.69) is 19.7 Å². The maximum Gasteiger partial charge on any atom is 0.112 e. The molecule has 0 rings (SSSR count). The van der Waals surface area contributed by atoms with Crippen LogP contribution >= 0.6 is 0 Å². The zero-order chi connectivity index (χ0) is 18.1. The van der Waals surface area contributed by atoms with Crippen molar-refractivity contribution in [1.29, 1.82) is 0 Å². The lowest BCUT2D eigenvalue weighted by Crippen LogP contribution is -2.40. The van der Waals surface area contributed by atoms with E-state index >= 15 is 0 Å². The fourth-order valence-corrected chi connectivity index (χ4v) is 1.65. The molecule has 4 nitrogen and oxygen atoms in total. The Morgan fingerprint density at radius 3 is 1.64 bits per heavy atom. The van der Waals surface area contributed by atoms with Gasteiger partial charge in [-0.1, -0.05) is 25.3 Å². The predicted molar refractivity (Wildman–Crippen MR) is 92.6 cm³/mol. The monoisotopic (exact) mass is 314 g/mol. The summed E-state index contributed by atoms with van der Waals surface area (Å²) in [6, 6.07) is 0. The van der Waals surface area contributed by atoms with E-state index < -0.39 is 11.7 Å². The lowest BCUT2D eigenvalue weighted by Gasteiger charge is -2.29. The molecule has 0 spiro atoms. The number of aliphatic hydroxyl groups is 4. The first-order chi connectivity index (χ1) is 9.87. The standard InChI is InChI=1S/C9H16O2.C9H18O2/c1-6(2)8(10)9(5,11)7(3)4;1-7(2)9(6-10)5-4-8(3)11/h8,10-11H,1,3H2,2,4-5H3;8-11H,1,4-6H2,2-3H3. The van der Waals surface area contributed by atoms with Crippen molar-refractivity contribution in [2.24, 2.45) is 5.92 Å². The highest BCUT2D eigenvalue weighted by atomic mass is 16.3. The summed E-state index contributed by atoms with van der Waals surface area (Å²) >= 11 is 0. The second-order valence-electron chi connectivity index (χ2n) is 6.33. The lowest BCUT2D eigenvalue weighted by molar-refractivity contribution is -0.0138. The molecule has 0 bridgehead atoms. The number of hydrogen-bond donors (Lipinski definition) is 4. The molecule has 0 aliphatic carbocycles. The van der Waals surface area contributed by atoms with Crippen LogP contribution in [0.25, 0.3) is 0 Å². The van der Waals surface area contributed by atoms with Gasteiger partial charge >= 0.3 is 0 Å². The molecule has 4 atom stereocenters. The van der Waals surface area contributed by atoms with Crippen molar-refractivity contribution in [2.75, 3.05) is 6.61 Å². The summed E-state index contributed by atoms with van der Waals surface area (Å²) in [5.74, 6) is 0.157. The Balaban J connectivity index is 0. The molecular weight excluding hydrogens is 280 g/mol. The molecule has 0 radical (unpaired) electrons. The van der Waals surface area contributed by atoms with Gasteiger partial charge in [-0.05, 0) is 58.6 Å². The molecule has 4 heteroatoms. The van der Waals surface area contributed by atoms with Crippen LogP contribution in [0.3, 0.4) is 0 Å². The van der Waals surface area contributed by atoms with Crippen molar-refractivity contribution >= 4 is 0 Å². The van der Waals surface area contributed by atoms with Crippen molar-refractivity contribution in [3.05, 3.63) is 36.5 Å². The summed E-state index contributed by atoms with van der Waals surface area (Å²) in [5.41, 5.74) is 0.811. The smallest absolute Gasteiger partial charge is 0.112 e. The second-order valence-corrected chi connectivity index (χ2v) is 6.33. The van der Waals surface area contributed by atoms with Crippen LogP contribution in [0.1, 0.15) is 47.5 Å². The third-order valence-corrected chi connectivity index (χ3v) is 3.71. The highest BCUT2D eigenvalue weighted by Gasteiger charge is 2.31. The molecule has 4 N–H and O–H groups in total. The van der Waals surface area contributed by atoms with Crippen molar-refractivity contribution in [2.45, 2.75) is 65.3 Å². The first-order valence-corrected chi connectivity index (χ1v) is 7.54. The van der Waals surface area contributed by atoms with Gasteiger partial charge in [0.05, 0.1) is 6.10 Å². The summed E-state index contributed by atoms with van der Waals surface area (Å²) in [5, 5.41) is 36.9. The van der Waals surface area contributed by atoms with E-state index in [1.807, 2.05) is 6.92 Å². The Kier molecular flexibility index (Phi) is 11.4. The molecule has 0 heterocycles. The van der Waals surface area contributed by atoms with E-state index in [9.17, 15) is 10.2 Å². The van der Waals surface area contributed by atoms with Gasteiger partial charge in [0.2, 0.25) is 0 Å². The van der Waals surface area contributed by atoms with Crippen LogP contribution in [-0.4, -0.2) is 44.8 Å². The maximum atomic E-state index is 9.62. The minimum absolute atomic E-state index is 0.141. The van der Waals surface area contributed by atoms with Gasteiger partial charge in [-0.2, -0.15) is 0 Å². The summed E-state index contributed by atoms with van der Waals surface area (Å²) in [6.07, 6.45) is 0.352. The van der Waals surface area contributed by atoms with Crippen LogP contribution in [0.2, 0.25) is 0 Å². The Morgan fingerprint density at radius 1 is 1.00 bits per heavy atom. The number of aliphatic hydroxyl groups excluding tert-OH is 3. The first kappa shape index (κ1) is 23.3. The third kappa shape index (κ3) is 9.15. The van der Waals surface area contributed by atoms with E-state index in [0.29, 0.717) is 11.1 Å². The van der Waals surface area contributed by atoms with Gasteiger partial charge in [0.15, 0.2) is 0 Å². The van der Waals surface area contributed by atoms with Crippen LogP contribution in [0.4, 0.5) is 0 Å². The fourth-order valence-electron chi connectivity index (χ4n) is 1.65. The minimum atomic E-state index is -1.26. The van der Waals surface area contributed by atoms with Gasteiger partial charge in [0.1, 0.15) is 11.7 Å². The molecule has 0 fully saturated rings. The zero-order valence-corrected chi connectivity index (χ0v) is 14.8. The van der Waals surface area contributed by atoms with E-state index in [1.165, 1.54) is 6.92 Å². The average molecular weight is 314 g/mol. The molecule has 0 saturated carbocycles. The fraction of sp³-hybridized carbons (Fsp3) is 0.667. The predicted octanol–water partition coefficient (Wildman–Crippen LogP) is 2.58. The van der Waals surface area contributed by atoms with Gasteiger partial charge in [0, 0.05) is 12.5 Å². The summed E-state index contributed by atoms with van der Waals surface area (Å²) in [7, 11) is 0. The molecule has 130 valence electrons. The Labute approximate surface area is 135 Å². The Bertz CT molecular complexity index is 369. The zero-order valence-electron chi connectivity index (χ0n) is 14.8. The summed E-state index contributed by atoms with van der Waals surface area (Å²) < 4.78 is 0. The van der Waals surface area contributed by atoms with Gasteiger partial charge in [-0.3, -0.25) is 0 Å². The van der Waals surface area contributed by atoms with Crippen LogP contribution in [-0.2, 0) is 0 Å². The van der Waals surface area contributed by atoms with Crippen molar-refractivity contribution < 1.29 is 20.4 Å². The van der Waals surface area contributed by atoms with Crippen LogP contribution in [0.15, 0.2) is 36.5 Å². The Morgan fingerprint density at radius 2 is 1.45 bits per heavy atom. The van der Waals surface area contributed by atoms with Crippen molar-refractivity contribution in [3.63, 3.8) is 0 Å². The quantitative estimate of drug-likeness (QED) is 0.519. The second kappa shape index (κ2) is 10.7. The number of hydrogen-bond acceptors (Lipinski definition) is 4. The third-order valence-electron chi connectivity index (χ3n) is 3.71. The van der Waals surface area contributed by atoms with Gasteiger partial charge in [-0.15, -0.1) is 0 Å². The highest BCUT2D eigenvalue weighted by Crippen LogP contribution is 2.22. The van der Waals surface area contributed by atoms with Gasteiger partial charge in [0.25, 0.3) is 0 Å². The molecule has 0 saturated heterocycles. The van der Waals surface area contributed by atoms with Crippen LogP contribution < -0.4 is 0 Å². The molecule has 4 unspecified atom stereocenters. The van der Waals surface area contributed by atoms with Crippen LogP contribution in [0.5, 0.6) is 0 Å². The maximum absolute atomic E-state index is 9.62. The van der Waals surface area contributed by atoms with Crippen molar-refractivity contribution in [1.82, 2.24) is 0 Å². The first-order valence-electron chi connectivity index (χ1n) is 7.54. The largest absolute Gasteiger partial charge is 0.396 e. The van der Waals surface area contributed by atoms with E-state index in [0.717, 1.165) is 18.4 Å². The molecule has 0 aliphatic heterocycles. The van der Waals surface area contributed by atoms with E-state index in [-0.39, 0.29) is 18.6 Å². The lowest BCUT2D eigenvalue weighted by atomic mass is 9.88. The van der Waals surface area contributed by atoms with Crippen LogP contribution in [0, 0.1) is 5.92 Å². The highest BCUT2D eigenvalue weighted by molar-refractivity contribution is 5.18. The molecule has 0 aliphatic rings. The normalized spacial score (nSPS) is 17.3. The molecule has 0 aromatic rings. The summed E-state index contributed by atoms with van der Waals surface area (Å²) in [4.78, 5) is 0. The van der Waals surface area contributed by atoms with Gasteiger partial charge < -0.3 is 20.4 Å². The summed E-state index contributed by atoms with van der Waals surface area (Å²) in [6.45, 7) is 19.6. The van der Waals surface area contributed by atoms with Crippen molar-refractivity contribution in [3.8, 4) is 0 Å². The molecule has 22 heavy (non-hydrogen) atoms. The van der Waals surface area contributed by atoms with E-state index in [4.69, 9.17) is 10.2 Å². The SMILES string of the molecule is C=C(C)C(CO)CCC(C)O.C=C(C)C(O)C(C)(O)C(=C)C. The topological polar surface area (TPSA) is 80.9 Å². The molecule has 0 aromatic heterocycles. The Hall–Kier alpha value is -0.940. The molecular formula is C18H34O4. The van der Waals surface area contributed by atoms with E-state index in [1.54, 1.807) is 20.8 Å². The molecule has 0 amide bonds. The minimum Gasteiger partial charge on any atom is -0.396 e. The number of rotatable bonds is 8. The average Bonchev–Trinajstić information content (AvgIpc) is 2.38. The molecule has 0 aromatic carbocycles.